The maximum absolute atomic E-state index is 12.5. The Morgan fingerprint density at radius 1 is 1.05 bits per heavy atom. The quantitative estimate of drug-likeness (QED) is 0.354. The van der Waals surface area contributed by atoms with E-state index in [1.165, 1.54) is 12.1 Å². The van der Waals surface area contributed by atoms with Crippen LogP contribution in [0.15, 0.2) is 24.3 Å². The van der Waals surface area contributed by atoms with Gasteiger partial charge in [0.05, 0.1) is 11.5 Å². The van der Waals surface area contributed by atoms with Gasteiger partial charge in [-0.25, -0.2) is 0 Å². The normalized spacial score (nSPS) is 13.0. The Morgan fingerprint density at radius 3 is 2.18 bits per heavy atom. The second kappa shape index (κ2) is 8.81. The molecule has 0 radical (unpaired) electrons. The van der Waals surface area contributed by atoms with E-state index >= 15 is 0 Å². The van der Waals surface area contributed by atoms with Crippen LogP contribution in [0.25, 0.3) is 0 Å². The van der Waals surface area contributed by atoms with Gasteiger partial charge in [-0.05, 0) is 37.1 Å². The van der Waals surface area contributed by atoms with Crippen molar-refractivity contribution >= 4 is 5.97 Å². The monoisotopic (exact) mass is 316 g/mol. The maximum Gasteiger partial charge on any atom is 0.416 e. The highest BCUT2D eigenvalue weighted by Crippen LogP contribution is 2.30. The molecule has 0 spiro atoms. The summed E-state index contributed by atoms with van der Waals surface area (Å²) >= 11 is 0. The average molecular weight is 316 g/mol. The lowest BCUT2D eigenvalue weighted by Crippen LogP contribution is -2.20. The summed E-state index contributed by atoms with van der Waals surface area (Å²) in [4.78, 5) is 12.1. The Bertz CT molecular complexity index is 452. The Morgan fingerprint density at radius 2 is 1.68 bits per heavy atom. The van der Waals surface area contributed by atoms with Crippen LogP contribution in [-0.2, 0) is 11.0 Å². The summed E-state index contributed by atoms with van der Waals surface area (Å²) in [7, 11) is 0. The predicted molar refractivity (Wildman–Crippen MR) is 79.6 cm³/mol. The van der Waals surface area contributed by atoms with Gasteiger partial charge in [-0.3, -0.25) is 4.79 Å². The molecule has 124 valence electrons. The van der Waals surface area contributed by atoms with Crippen LogP contribution in [0.3, 0.4) is 0 Å². The van der Waals surface area contributed by atoms with Gasteiger partial charge in [0.25, 0.3) is 0 Å². The van der Waals surface area contributed by atoms with E-state index in [2.05, 4.69) is 6.92 Å². The van der Waals surface area contributed by atoms with Crippen LogP contribution in [-0.4, -0.2) is 5.97 Å². The van der Waals surface area contributed by atoms with Crippen molar-refractivity contribution in [3.8, 4) is 5.75 Å². The van der Waals surface area contributed by atoms with Crippen molar-refractivity contribution < 1.29 is 22.7 Å². The first kappa shape index (κ1) is 18.5. The van der Waals surface area contributed by atoms with Gasteiger partial charge in [-0.2, -0.15) is 13.2 Å². The van der Waals surface area contributed by atoms with Gasteiger partial charge in [-0.1, -0.05) is 39.5 Å². The van der Waals surface area contributed by atoms with Crippen molar-refractivity contribution in [3.63, 3.8) is 0 Å². The minimum Gasteiger partial charge on any atom is -0.426 e. The van der Waals surface area contributed by atoms with Crippen molar-refractivity contribution in [1.82, 2.24) is 0 Å². The number of rotatable bonds is 8. The Hall–Kier alpha value is -1.52. The lowest BCUT2D eigenvalue weighted by atomic mass is 9.97. The number of carbonyl (C=O) groups excluding carboxylic acids is 1. The minimum atomic E-state index is -4.38. The molecule has 1 aromatic rings. The number of ether oxygens (including phenoxy) is 1. The molecule has 0 aliphatic heterocycles. The van der Waals surface area contributed by atoms with Crippen molar-refractivity contribution in [2.75, 3.05) is 0 Å². The standard InChI is InChI=1S/C17H23F3O2/c1-3-5-6-8-13(7-4-2)16(21)22-15-11-9-14(10-12-15)17(18,19)20/h9-13H,3-8H2,1-2H3. The summed E-state index contributed by atoms with van der Waals surface area (Å²) in [5.74, 6) is -0.369. The molecule has 0 aromatic heterocycles. The van der Waals surface area contributed by atoms with E-state index in [0.717, 1.165) is 50.7 Å². The number of hydrogen-bond donors (Lipinski definition) is 0. The van der Waals surface area contributed by atoms with Gasteiger partial charge >= 0.3 is 12.1 Å². The number of hydrogen-bond acceptors (Lipinski definition) is 2. The molecular weight excluding hydrogens is 293 g/mol. The number of carbonyl (C=O) groups is 1. The van der Waals surface area contributed by atoms with Gasteiger partial charge in [-0.15, -0.1) is 0 Å². The number of alkyl halides is 3. The first-order valence-corrected chi connectivity index (χ1v) is 7.77. The summed E-state index contributed by atoms with van der Waals surface area (Å²) in [5, 5.41) is 0. The SMILES string of the molecule is CCCCCC(CCC)C(=O)Oc1ccc(C(F)(F)F)cc1. The molecule has 0 saturated carbocycles. The van der Waals surface area contributed by atoms with Crippen LogP contribution in [0, 0.1) is 5.92 Å². The molecule has 5 heteroatoms. The second-order valence-corrected chi connectivity index (χ2v) is 5.42. The van der Waals surface area contributed by atoms with E-state index in [1.54, 1.807) is 0 Å². The largest absolute Gasteiger partial charge is 0.426 e. The molecule has 0 aliphatic rings. The molecule has 2 nitrogen and oxygen atoms in total. The number of halogens is 3. The van der Waals surface area contributed by atoms with Crippen molar-refractivity contribution in [3.05, 3.63) is 29.8 Å². The number of esters is 1. The molecule has 0 heterocycles. The van der Waals surface area contributed by atoms with Crippen molar-refractivity contribution in [2.45, 2.75) is 58.5 Å². The van der Waals surface area contributed by atoms with Gasteiger partial charge in [0.2, 0.25) is 0 Å². The molecular formula is C17H23F3O2. The lowest BCUT2D eigenvalue weighted by molar-refractivity contribution is -0.139. The molecule has 0 amide bonds. The van der Waals surface area contributed by atoms with Gasteiger partial charge in [0, 0.05) is 0 Å². The third kappa shape index (κ3) is 6.08. The summed E-state index contributed by atoms with van der Waals surface area (Å²) in [6.07, 6.45) is 1.10. The number of benzene rings is 1. The van der Waals surface area contributed by atoms with Crippen LogP contribution in [0.4, 0.5) is 13.2 Å². The summed E-state index contributed by atoms with van der Waals surface area (Å²) in [6, 6.07) is 4.23. The van der Waals surface area contributed by atoms with Crippen molar-refractivity contribution in [2.24, 2.45) is 5.92 Å². The highest BCUT2D eigenvalue weighted by atomic mass is 19.4. The molecule has 1 unspecified atom stereocenters. The van der Waals surface area contributed by atoms with Crippen LogP contribution in [0.2, 0.25) is 0 Å². The van der Waals surface area contributed by atoms with Gasteiger partial charge in [0.1, 0.15) is 5.75 Å². The molecule has 0 fully saturated rings. The zero-order chi connectivity index (χ0) is 16.6. The maximum atomic E-state index is 12.5. The highest BCUT2D eigenvalue weighted by molar-refractivity contribution is 5.75. The fraction of sp³-hybridized carbons (Fsp3) is 0.588. The predicted octanol–water partition coefficient (Wildman–Crippen LogP) is 5.61. The lowest BCUT2D eigenvalue weighted by Gasteiger charge is -2.15. The van der Waals surface area contributed by atoms with E-state index in [1.807, 2.05) is 6.92 Å². The van der Waals surface area contributed by atoms with E-state index in [9.17, 15) is 18.0 Å². The second-order valence-electron chi connectivity index (χ2n) is 5.42. The minimum absolute atomic E-state index is 0.162. The van der Waals surface area contributed by atoms with E-state index in [0.29, 0.717) is 0 Å². The van der Waals surface area contributed by atoms with Crippen LogP contribution >= 0.6 is 0 Å². The summed E-state index contributed by atoms with van der Waals surface area (Å²) in [5.41, 5.74) is -0.750. The Labute approximate surface area is 129 Å². The zero-order valence-corrected chi connectivity index (χ0v) is 13.1. The fourth-order valence-corrected chi connectivity index (χ4v) is 2.28. The fourth-order valence-electron chi connectivity index (χ4n) is 2.28. The molecule has 1 atom stereocenters. The van der Waals surface area contributed by atoms with Gasteiger partial charge < -0.3 is 4.74 Å². The smallest absolute Gasteiger partial charge is 0.416 e. The highest BCUT2D eigenvalue weighted by Gasteiger charge is 2.30. The van der Waals surface area contributed by atoms with Crippen molar-refractivity contribution in [1.29, 1.82) is 0 Å². The third-order valence-electron chi connectivity index (χ3n) is 3.53. The third-order valence-corrected chi connectivity index (χ3v) is 3.53. The van der Waals surface area contributed by atoms with Crippen LogP contribution in [0.1, 0.15) is 57.9 Å². The van der Waals surface area contributed by atoms with E-state index < -0.39 is 11.7 Å². The van der Waals surface area contributed by atoms with Gasteiger partial charge in [0.15, 0.2) is 0 Å². The molecule has 0 saturated heterocycles. The van der Waals surface area contributed by atoms with E-state index in [4.69, 9.17) is 4.74 Å². The molecule has 1 rings (SSSR count). The van der Waals surface area contributed by atoms with Crippen LogP contribution < -0.4 is 4.74 Å². The zero-order valence-electron chi connectivity index (χ0n) is 13.1. The molecule has 0 N–H and O–H groups in total. The Balaban J connectivity index is 2.64. The Kier molecular flexibility index (Phi) is 7.42. The topological polar surface area (TPSA) is 26.3 Å². The van der Waals surface area contributed by atoms with E-state index in [-0.39, 0.29) is 17.6 Å². The summed E-state index contributed by atoms with van der Waals surface area (Å²) < 4.78 is 42.6. The first-order chi connectivity index (χ1) is 10.4. The first-order valence-electron chi connectivity index (χ1n) is 7.77. The molecule has 0 bridgehead atoms. The summed E-state index contributed by atoms with van der Waals surface area (Å²) in [6.45, 7) is 4.09. The molecule has 0 aliphatic carbocycles. The molecule has 1 aromatic carbocycles. The molecule has 22 heavy (non-hydrogen) atoms. The number of unbranched alkanes of at least 4 members (excludes halogenated alkanes) is 2. The van der Waals surface area contributed by atoms with Crippen LogP contribution in [0.5, 0.6) is 5.75 Å². The average Bonchev–Trinajstić information content (AvgIpc) is 2.46.